The predicted octanol–water partition coefficient (Wildman–Crippen LogP) is 0.426. The highest BCUT2D eigenvalue weighted by Gasteiger charge is 2.24. The van der Waals surface area contributed by atoms with Crippen LogP contribution >= 0.6 is 11.6 Å². The van der Waals surface area contributed by atoms with Gasteiger partial charge in [-0.1, -0.05) is 11.6 Å². The Bertz CT molecular complexity index is 542. The van der Waals surface area contributed by atoms with Gasteiger partial charge in [0, 0.05) is 43.9 Å². The number of likely N-dealkylation sites (N-methyl/N-ethyl adjacent to an activating group) is 1. The molecule has 6 nitrogen and oxygen atoms in total. The molecule has 2 amide bonds. The van der Waals surface area contributed by atoms with E-state index in [0.717, 1.165) is 0 Å². The number of nitrogens with two attached hydrogens (primary N) is 1. The molecule has 0 spiro atoms. The van der Waals surface area contributed by atoms with Crippen LogP contribution in [0.1, 0.15) is 10.4 Å². The molecule has 0 bridgehead atoms. The largest absolute Gasteiger partial charge is 0.398 e. The van der Waals surface area contributed by atoms with Gasteiger partial charge in [0.25, 0.3) is 5.91 Å². The van der Waals surface area contributed by atoms with Crippen molar-refractivity contribution in [2.75, 3.05) is 45.5 Å². The molecule has 114 valence electrons. The number of hydrogen-bond donors (Lipinski definition) is 2. The van der Waals surface area contributed by atoms with E-state index < -0.39 is 0 Å². The van der Waals surface area contributed by atoms with E-state index in [0.29, 0.717) is 49.0 Å². The average Bonchev–Trinajstić information content (AvgIpc) is 2.47. The summed E-state index contributed by atoms with van der Waals surface area (Å²) in [6, 6.07) is 4.89. The number of hydrogen-bond acceptors (Lipinski definition) is 4. The third kappa shape index (κ3) is 3.86. The molecule has 1 heterocycles. The van der Waals surface area contributed by atoms with Crippen LogP contribution in [0.25, 0.3) is 0 Å². The molecule has 0 aliphatic carbocycles. The lowest BCUT2D eigenvalue weighted by Gasteiger charge is -2.34. The number of carbonyl (C=O) groups excluding carboxylic acids is 2. The van der Waals surface area contributed by atoms with E-state index in [-0.39, 0.29) is 11.8 Å². The molecule has 3 N–H and O–H groups in total. The first-order chi connectivity index (χ1) is 10.0. The second-order valence-electron chi connectivity index (χ2n) is 4.97. The molecule has 1 aromatic rings. The normalized spacial score (nSPS) is 15.8. The monoisotopic (exact) mass is 310 g/mol. The number of rotatable bonds is 3. The smallest absolute Gasteiger partial charge is 0.256 e. The zero-order valence-electron chi connectivity index (χ0n) is 11.9. The summed E-state index contributed by atoms with van der Waals surface area (Å²) in [5.41, 5.74) is 6.71. The molecule has 1 fully saturated rings. The zero-order valence-corrected chi connectivity index (χ0v) is 12.7. The maximum Gasteiger partial charge on any atom is 0.256 e. The summed E-state index contributed by atoms with van der Waals surface area (Å²) in [6.07, 6.45) is 0. The summed E-state index contributed by atoms with van der Waals surface area (Å²) in [5.74, 6) is -0.111. The molecule has 0 radical (unpaired) electrons. The van der Waals surface area contributed by atoms with Gasteiger partial charge in [-0.3, -0.25) is 14.5 Å². The number of amides is 2. The van der Waals surface area contributed by atoms with E-state index in [4.69, 9.17) is 17.3 Å². The van der Waals surface area contributed by atoms with Crippen LogP contribution in [0, 0.1) is 0 Å². The Kier molecular flexibility index (Phi) is 5.03. The first-order valence-corrected chi connectivity index (χ1v) is 7.16. The number of carbonyl (C=O) groups is 2. The van der Waals surface area contributed by atoms with Crippen molar-refractivity contribution in [3.63, 3.8) is 0 Å². The zero-order chi connectivity index (χ0) is 15.4. The van der Waals surface area contributed by atoms with Crippen LogP contribution in [0.5, 0.6) is 0 Å². The van der Waals surface area contributed by atoms with Gasteiger partial charge in [-0.05, 0) is 18.2 Å². The van der Waals surface area contributed by atoms with E-state index in [2.05, 4.69) is 5.32 Å². The van der Waals surface area contributed by atoms with Crippen molar-refractivity contribution in [1.29, 1.82) is 0 Å². The van der Waals surface area contributed by atoms with Gasteiger partial charge in [0.1, 0.15) is 0 Å². The van der Waals surface area contributed by atoms with E-state index in [1.165, 1.54) is 0 Å². The Balaban J connectivity index is 1.95. The van der Waals surface area contributed by atoms with Crippen LogP contribution in [0.15, 0.2) is 18.2 Å². The standard InChI is InChI=1S/C14H19ClN4O2/c1-17-13(20)9-18-4-6-19(7-5-18)14(21)11-3-2-10(15)8-12(11)16/h2-3,8H,4-7,9,16H2,1H3,(H,17,20). The lowest BCUT2D eigenvalue weighted by molar-refractivity contribution is -0.122. The summed E-state index contributed by atoms with van der Waals surface area (Å²) in [4.78, 5) is 27.5. The van der Waals surface area contributed by atoms with Gasteiger partial charge >= 0.3 is 0 Å². The minimum atomic E-state index is -0.0937. The summed E-state index contributed by atoms with van der Waals surface area (Å²) >= 11 is 5.84. The summed E-state index contributed by atoms with van der Waals surface area (Å²) in [5, 5.41) is 3.11. The van der Waals surface area contributed by atoms with Crippen LogP contribution in [0.4, 0.5) is 5.69 Å². The molecule has 0 aromatic heterocycles. The van der Waals surface area contributed by atoms with Crippen molar-refractivity contribution < 1.29 is 9.59 Å². The van der Waals surface area contributed by atoms with Crippen LogP contribution in [-0.4, -0.2) is 61.4 Å². The van der Waals surface area contributed by atoms with E-state index >= 15 is 0 Å². The topological polar surface area (TPSA) is 78.7 Å². The van der Waals surface area contributed by atoms with E-state index in [9.17, 15) is 9.59 Å². The lowest BCUT2D eigenvalue weighted by atomic mass is 10.1. The van der Waals surface area contributed by atoms with Gasteiger partial charge in [-0.2, -0.15) is 0 Å². The first kappa shape index (κ1) is 15.6. The molecule has 0 saturated carbocycles. The Hall–Kier alpha value is -1.79. The molecule has 0 atom stereocenters. The highest BCUT2D eigenvalue weighted by molar-refractivity contribution is 6.31. The van der Waals surface area contributed by atoms with Gasteiger partial charge < -0.3 is 16.0 Å². The highest BCUT2D eigenvalue weighted by atomic mass is 35.5. The van der Waals surface area contributed by atoms with E-state index in [1.807, 2.05) is 4.90 Å². The number of nitrogen functional groups attached to an aromatic ring is 1. The third-order valence-corrected chi connectivity index (χ3v) is 3.78. The summed E-state index contributed by atoms with van der Waals surface area (Å²) in [7, 11) is 1.62. The Morgan fingerprint density at radius 2 is 1.95 bits per heavy atom. The van der Waals surface area contributed by atoms with Gasteiger partial charge in [-0.25, -0.2) is 0 Å². The molecule has 0 unspecified atom stereocenters. The second kappa shape index (κ2) is 6.78. The molecule has 1 aromatic carbocycles. The number of halogens is 1. The minimum Gasteiger partial charge on any atom is -0.398 e. The van der Waals surface area contributed by atoms with Crippen LogP contribution < -0.4 is 11.1 Å². The van der Waals surface area contributed by atoms with Crippen molar-refractivity contribution in [2.24, 2.45) is 0 Å². The molecule has 7 heteroatoms. The molecular weight excluding hydrogens is 292 g/mol. The van der Waals surface area contributed by atoms with Gasteiger partial charge in [0.15, 0.2) is 0 Å². The highest BCUT2D eigenvalue weighted by Crippen LogP contribution is 2.20. The Labute approximate surface area is 128 Å². The van der Waals surface area contributed by atoms with Gasteiger partial charge in [0.2, 0.25) is 5.91 Å². The maximum atomic E-state index is 12.4. The predicted molar refractivity (Wildman–Crippen MR) is 82.3 cm³/mol. The summed E-state index contributed by atoms with van der Waals surface area (Å²) < 4.78 is 0. The third-order valence-electron chi connectivity index (χ3n) is 3.55. The van der Waals surface area contributed by atoms with Crippen molar-refractivity contribution in [2.45, 2.75) is 0 Å². The minimum absolute atomic E-state index is 0.0169. The molecule has 1 saturated heterocycles. The van der Waals surface area contributed by atoms with Gasteiger partial charge in [-0.15, -0.1) is 0 Å². The lowest BCUT2D eigenvalue weighted by Crippen LogP contribution is -2.51. The number of nitrogens with zero attached hydrogens (tertiary/aromatic N) is 2. The fraction of sp³-hybridized carbons (Fsp3) is 0.429. The van der Waals surface area contributed by atoms with Crippen molar-refractivity contribution in [3.05, 3.63) is 28.8 Å². The second-order valence-corrected chi connectivity index (χ2v) is 5.41. The van der Waals surface area contributed by atoms with Crippen LogP contribution in [0.2, 0.25) is 5.02 Å². The number of anilines is 1. The van der Waals surface area contributed by atoms with Crippen molar-refractivity contribution in [3.8, 4) is 0 Å². The van der Waals surface area contributed by atoms with Crippen LogP contribution in [-0.2, 0) is 4.79 Å². The fourth-order valence-corrected chi connectivity index (χ4v) is 2.47. The first-order valence-electron chi connectivity index (χ1n) is 6.78. The molecule has 1 aliphatic rings. The fourth-order valence-electron chi connectivity index (χ4n) is 2.29. The Morgan fingerprint density at radius 1 is 1.29 bits per heavy atom. The molecular formula is C14H19ClN4O2. The molecule has 2 rings (SSSR count). The molecule has 21 heavy (non-hydrogen) atoms. The van der Waals surface area contributed by atoms with Crippen molar-refractivity contribution >= 4 is 29.1 Å². The maximum absolute atomic E-state index is 12.4. The number of benzene rings is 1. The van der Waals surface area contributed by atoms with Crippen LogP contribution in [0.3, 0.4) is 0 Å². The number of piperazine rings is 1. The SMILES string of the molecule is CNC(=O)CN1CCN(C(=O)c2ccc(Cl)cc2N)CC1. The molecule has 1 aliphatic heterocycles. The van der Waals surface area contributed by atoms with E-state index in [1.54, 1.807) is 30.1 Å². The van der Waals surface area contributed by atoms with Crippen molar-refractivity contribution in [1.82, 2.24) is 15.1 Å². The van der Waals surface area contributed by atoms with Gasteiger partial charge in [0.05, 0.1) is 12.1 Å². The Morgan fingerprint density at radius 3 is 2.52 bits per heavy atom. The summed E-state index contributed by atoms with van der Waals surface area (Å²) in [6.45, 7) is 2.87. The number of nitrogens with one attached hydrogen (secondary N) is 1. The quantitative estimate of drug-likeness (QED) is 0.793. The average molecular weight is 311 g/mol.